The molecule has 0 aromatic heterocycles. The first-order chi connectivity index (χ1) is 9.39. The van der Waals surface area contributed by atoms with Crippen molar-refractivity contribution in [1.82, 2.24) is 0 Å². The van der Waals surface area contributed by atoms with Crippen LogP contribution in [0, 0.1) is 0 Å². The number of hydrogen-bond acceptors (Lipinski definition) is 4. The summed E-state index contributed by atoms with van der Waals surface area (Å²) < 4.78 is 17.0. The molecule has 0 atom stereocenters. The topological polar surface area (TPSA) is 47.9 Å². The van der Waals surface area contributed by atoms with Crippen LogP contribution in [0.15, 0.2) is 0 Å². The molecule has 0 fully saturated rings. The fourth-order valence-electron chi connectivity index (χ4n) is 3.16. The van der Waals surface area contributed by atoms with E-state index in [1.54, 1.807) is 0 Å². The molecule has 0 unspecified atom stereocenters. The van der Waals surface area contributed by atoms with Gasteiger partial charge in [-0.3, -0.25) is 0 Å². The summed E-state index contributed by atoms with van der Waals surface area (Å²) in [5.74, 6) is 0. The third-order valence-electron chi connectivity index (χ3n) is 3.89. The SMILES string of the molecule is CC(C)[Si](OCCOCCOCCO)(C(C)C)C(C)C. The minimum atomic E-state index is -1.75. The van der Waals surface area contributed by atoms with Gasteiger partial charge in [-0.05, 0) is 16.6 Å². The van der Waals surface area contributed by atoms with Gasteiger partial charge in [-0.2, -0.15) is 0 Å². The fraction of sp³-hybridized carbons (Fsp3) is 1.00. The molecular formula is C15H34O4Si. The molecule has 0 spiro atoms. The zero-order chi connectivity index (χ0) is 15.6. The highest BCUT2D eigenvalue weighted by molar-refractivity contribution is 6.77. The van der Waals surface area contributed by atoms with Gasteiger partial charge in [0.1, 0.15) is 0 Å². The lowest BCUT2D eigenvalue weighted by atomic mass is 10.5. The van der Waals surface area contributed by atoms with Crippen LogP contribution in [-0.2, 0) is 13.9 Å². The van der Waals surface area contributed by atoms with Crippen LogP contribution in [0.1, 0.15) is 41.5 Å². The highest BCUT2D eigenvalue weighted by atomic mass is 28.4. The molecule has 5 heteroatoms. The molecule has 1 N–H and O–H groups in total. The molecule has 20 heavy (non-hydrogen) atoms. The van der Waals surface area contributed by atoms with E-state index in [0.717, 1.165) is 0 Å². The van der Waals surface area contributed by atoms with E-state index in [4.69, 9.17) is 19.0 Å². The van der Waals surface area contributed by atoms with Crippen molar-refractivity contribution in [1.29, 1.82) is 0 Å². The van der Waals surface area contributed by atoms with Gasteiger partial charge in [0, 0.05) is 0 Å². The number of aliphatic hydroxyl groups is 1. The first kappa shape index (κ1) is 20.1. The first-order valence-corrected chi connectivity index (χ1v) is 9.93. The molecule has 0 aromatic rings. The lowest BCUT2D eigenvalue weighted by Gasteiger charge is -2.42. The fourth-order valence-corrected chi connectivity index (χ4v) is 8.60. The largest absolute Gasteiger partial charge is 0.414 e. The van der Waals surface area contributed by atoms with Crippen LogP contribution in [0.25, 0.3) is 0 Å². The van der Waals surface area contributed by atoms with Crippen molar-refractivity contribution >= 4 is 8.32 Å². The Morgan fingerprint density at radius 2 is 1.10 bits per heavy atom. The minimum Gasteiger partial charge on any atom is -0.414 e. The Hall–Kier alpha value is 0.0569. The molecule has 0 heterocycles. The Morgan fingerprint density at radius 1 is 0.700 bits per heavy atom. The summed E-state index contributed by atoms with van der Waals surface area (Å²) in [5.41, 5.74) is 1.82. The maximum Gasteiger partial charge on any atom is 0.200 e. The average Bonchev–Trinajstić information content (AvgIpc) is 2.35. The molecule has 0 saturated carbocycles. The Morgan fingerprint density at radius 3 is 1.50 bits per heavy atom. The van der Waals surface area contributed by atoms with Crippen LogP contribution >= 0.6 is 0 Å². The Bertz CT molecular complexity index is 210. The van der Waals surface area contributed by atoms with Crippen LogP contribution in [-0.4, -0.2) is 53.1 Å². The van der Waals surface area contributed by atoms with E-state index >= 15 is 0 Å². The highest BCUT2D eigenvalue weighted by Crippen LogP contribution is 2.42. The number of aliphatic hydroxyl groups excluding tert-OH is 1. The molecule has 0 amide bonds. The second-order valence-electron chi connectivity index (χ2n) is 6.11. The summed E-state index contributed by atoms with van der Waals surface area (Å²) in [4.78, 5) is 0. The molecule has 0 saturated heterocycles. The van der Waals surface area contributed by atoms with Crippen molar-refractivity contribution in [3.63, 3.8) is 0 Å². The lowest BCUT2D eigenvalue weighted by molar-refractivity contribution is 0.0230. The number of hydrogen-bond donors (Lipinski definition) is 1. The molecule has 4 nitrogen and oxygen atoms in total. The van der Waals surface area contributed by atoms with Gasteiger partial charge in [-0.25, -0.2) is 0 Å². The summed E-state index contributed by atoms with van der Waals surface area (Å²) in [6, 6.07) is 0. The molecule has 0 bridgehead atoms. The first-order valence-electron chi connectivity index (χ1n) is 7.79. The van der Waals surface area contributed by atoms with Crippen molar-refractivity contribution in [2.45, 2.75) is 58.2 Å². The second kappa shape index (κ2) is 10.7. The summed E-state index contributed by atoms with van der Waals surface area (Å²) >= 11 is 0. The third kappa shape index (κ3) is 6.22. The van der Waals surface area contributed by atoms with Gasteiger partial charge in [0.25, 0.3) is 0 Å². The van der Waals surface area contributed by atoms with E-state index in [-0.39, 0.29) is 6.61 Å². The van der Waals surface area contributed by atoms with Crippen molar-refractivity contribution in [2.75, 3.05) is 39.6 Å². The highest BCUT2D eigenvalue weighted by Gasteiger charge is 2.44. The van der Waals surface area contributed by atoms with Crippen molar-refractivity contribution in [2.24, 2.45) is 0 Å². The quantitative estimate of drug-likeness (QED) is 0.444. The molecule has 0 rings (SSSR count). The lowest BCUT2D eigenvalue weighted by Crippen LogP contribution is -2.48. The normalized spacial score (nSPS) is 12.9. The summed E-state index contributed by atoms with van der Waals surface area (Å²) in [6.45, 7) is 16.5. The van der Waals surface area contributed by atoms with E-state index in [1.807, 2.05) is 0 Å². The second-order valence-corrected chi connectivity index (χ2v) is 11.6. The Kier molecular flexibility index (Phi) is 10.8. The molecule has 0 aromatic carbocycles. The Balaban J connectivity index is 4.04. The van der Waals surface area contributed by atoms with E-state index in [1.165, 1.54) is 0 Å². The van der Waals surface area contributed by atoms with Crippen LogP contribution in [0.5, 0.6) is 0 Å². The van der Waals surface area contributed by atoms with Gasteiger partial charge >= 0.3 is 0 Å². The molecule has 122 valence electrons. The minimum absolute atomic E-state index is 0.0639. The summed E-state index contributed by atoms with van der Waals surface area (Å²) in [7, 11) is -1.75. The van der Waals surface area contributed by atoms with Crippen LogP contribution in [0.3, 0.4) is 0 Å². The van der Waals surface area contributed by atoms with E-state index in [0.29, 0.717) is 49.7 Å². The van der Waals surface area contributed by atoms with Crippen LogP contribution in [0.4, 0.5) is 0 Å². The number of ether oxygens (including phenoxy) is 2. The van der Waals surface area contributed by atoms with Crippen LogP contribution in [0.2, 0.25) is 16.6 Å². The molecule has 0 aliphatic carbocycles. The predicted octanol–water partition coefficient (Wildman–Crippen LogP) is 3.20. The van der Waals surface area contributed by atoms with Crippen molar-refractivity contribution in [3.05, 3.63) is 0 Å². The molecule has 0 aliphatic rings. The molecular weight excluding hydrogens is 272 g/mol. The Labute approximate surface area is 125 Å². The predicted molar refractivity (Wildman–Crippen MR) is 85.7 cm³/mol. The van der Waals surface area contributed by atoms with Crippen molar-refractivity contribution in [3.8, 4) is 0 Å². The van der Waals surface area contributed by atoms with E-state index < -0.39 is 8.32 Å². The van der Waals surface area contributed by atoms with Gasteiger partial charge in [0.05, 0.1) is 39.6 Å². The zero-order valence-corrected chi connectivity index (χ0v) is 15.1. The average molecular weight is 307 g/mol. The molecule has 0 aliphatic heterocycles. The van der Waals surface area contributed by atoms with Crippen LogP contribution < -0.4 is 0 Å². The third-order valence-corrected chi connectivity index (χ3v) is 10.0. The monoisotopic (exact) mass is 306 g/mol. The summed E-state index contributed by atoms with van der Waals surface area (Å²) in [5, 5.41) is 8.57. The van der Waals surface area contributed by atoms with E-state index in [9.17, 15) is 0 Å². The van der Waals surface area contributed by atoms with Gasteiger partial charge < -0.3 is 19.0 Å². The maximum atomic E-state index is 8.57. The maximum absolute atomic E-state index is 8.57. The smallest absolute Gasteiger partial charge is 0.200 e. The summed E-state index contributed by atoms with van der Waals surface area (Å²) in [6.07, 6.45) is 0. The number of rotatable bonds is 12. The van der Waals surface area contributed by atoms with Gasteiger partial charge in [0.15, 0.2) is 8.32 Å². The van der Waals surface area contributed by atoms with Gasteiger partial charge in [-0.15, -0.1) is 0 Å². The standard InChI is InChI=1S/C15H34O4Si/c1-13(2)20(14(3)4,15(5)6)19-12-11-18-10-9-17-8-7-16/h13-16H,7-12H2,1-6H3. The van der Waals surface area contributed by atoms with Crippen molar-refractivity contribution < 1.29 is 19.0 Å². The van der Waals surface area contributed by atoms with E-state index in [2.05, 4.69) is 41.5 Å². The zero-order valence-electron chi connectivity index (χ0n) is 14.1. The van der Waals surface area contributed by atoms with Gasteiger partial charge in [-0.1, -0.05) is 41.5 Å². The molecule has 0 radical (unpaired) electrons. The van der Waals surface area contributed by atoms with Gasteiger partial charge in [0.2, 0.25) is 0 Å².